The van der Waals surface area contributed by atoms with Gasteiger partial charge in [0, 0.05) is 6.54 Å². The summed E-state index contributed by atoms with van der Waals surface area (Å²) in [6.07, 6.45) is 5.81. The van der Waals surface area contributed by atoms with Crippen molar-refractivity contribution in [2.45, 2.75) is 130 Å². The first-order valence-corrected chi connectivity index (χ1v) is 16.5. The summed E-state index contributed by atoms with van der Waals surface area (Å²) in [6, 6.07) is -2.94. The van der Waals surface area contributed by atoms with Crippen molar-refractivity contribution in [1.82, 2.24) is 20.9 Å². The van der Waals surface area contributed by atoms with Gasteiger partial charge in [-0.25, -0.2) is 4.79 Å². The summed E-state index contributed by atoms with van der Waals surface area (Å²) in [7, 11) is 0. The Labute approximate surface area is 273 Å². The van der Waals surface area contributed by atoms with Gasteiger partial charge in [-0.3, -0.25) is 24.0 Å². The lowest BCUT2D eigenvalue weighted by atomic mass is 9.83. The third-order valence-electron chi connectivity index (χ3n) is 9.15. The maximum atomic E-state index is 14.3. The number of nitrogens with one attached hydrogen (secondary N) is 3. The van der Waals surface area contributed by atoms with Crippen LogP contribution < -0.4 is 16.0 Å². The van der Waals surface area contributed by atoms with Crippen molar-refractivity contribution in [2.75, 3.05) is 13.1 Å². The number of allylic oxidation sites excluding steroid dienone is 1. The Morgan fingerprint density at radius 2 is 1.54 bits per heavy atom. The maximum Gasteiger partial charge on any atom is 0.408 e. The van der Waals surface area contributed by atoms with Gasteiger partial charge < -0.3 is 30.3 Å². The van der Waals surface area contributed by atoms with Gasteiger partial charge in [-0.05, 0) is 90.4 Å². The molecule has 0 aromatic heterocycles. The van der Waals surface area contributed by atoms with E-state index in [-0.39, 0.29) is 35.5 Å². The number of alkyl carbamates (subject to hydrolysis) is 1. The van der Waals surface area contributed by atoms with Crippen LogP contribution in [0.5, 0.6) is 0 Å². The van der Waals surface area contributed by atoms with Crippen LogP contribution in [0.1, 0.15) is 100 Å². The van der Waals surface area contributed by atoms with Gasteiger partial charge in [-0.15, -0.1) is 6.58 Å². The largest absolute Gasteiger partial charge is 0.459 e. The SMILES string of the molecule is C=CCCC(NC(=O)C1C2C(CN1C(=O)C(NC(=O)OC(C)(C)C)C1CCCCC1)C2(C)C)C(=O)C(=O)NCC(=O)OC(C)(C)C. The molecule has 3 fully saturated rings. The standard InChI is InChI=1S/C34H54N4O8/c1-10-11-17-22(27(40)29(42)35-18-23(39)45-32(2,3)4)36-28(41)26-24-21(34(24,8)9)19-38(26)30(43)25(20-15-13-12-14-16-20)37-31(44)46-33(5,6)7/h10,20-22,24-26H,1,11-19H2,2-9H3,(H,35,42)(H,36,41)(H,37,44). The summed E-state index contributed by atoms with van der Waals surface area (Å²) in [6.45, 7) is 17.9. The molecule has 0 aromatic carbocycles. The van der Waals surface area contributed by atoms with Gasteiger partial charge in [0.05, 0.1) is 6.04 Å². The van der Waals surface area contributed by atoms with E-state index < -0.39 is 65.5 Å². The summed E-state index contributed by atoms with van der Waals surface area (Å²) >= 11 is 0. The van der Waals surface area contributed by atoms with Crippen molar-refractivity contribution in [3.05, 3.63) is 12.7 Å². The number of amides is 4. The number of fused-ring (bicyclic) bond motifs is 1. The summed E-state index contributed by atoms with van der Waals surface area (Å²) < 4.78 is 10.7. The lowest BCUT2D eigenvalue weighted by Gasteiger charge is -2.37. The van der Waals surface area contributed by atoms with Crippen molar-refractivity contribution in [1.29, 1.82) is 0 Å². The highest BCUT2D eigenvalue weighted by Crippen LogP contribution is 2.65. The van der Waals surface area contributed by atoms with Gasteiger partial charge in [0.15, 0.2) is 0 Å². The Morgan fingerprint density at radius 3 is 2.11 bits per heavy atom. The second-order valence-electron chi connectivity index (χ2n) is 15.5. The van der Waals surface area contributed by atoms with Crippen molar-refractivity contribution >= 4 is 35.6 Å². The fourth-order valence-electron chi connectivity index (χ4n) is 6.86. The number of esters is 1. The Kier molecular flexibility index (Phi) is 11.7. The normalized spacial score (nSPS) is 23.7. The van der Waals surface area contributed by atoms with E-state index in [4.69, 9.17) is 9.47 Å². The molecule has 0 bridgehead atoms. The van der Waals surface area contributed by atoms with E-state index in [2.05, 4.69) is 22.5 Å². The zero-order valence-electron chi connectivity index (χ0n) is 28.8. The maximum absolute atomic E-state index is 14.3. The minimum absolute atomic E-state index is 0.0696. The predicted octanol–water partition coefficient (Wildman–Crippen LogP) is 3.42. The van der Waals surface area contributed by atoms with E-state index in [0.717, 1.165) is 32.1 Å². The first-order chi connectivity index (χ1) is 21.3. The van der Waals surface area contributed by atoms with Crippen LogP contribution in [0.15, 0.2) is 12.7 Å². The summed E-state index contributed by atoms with van der Waals surface area (Å²) in [4.78, 5) is 80.8. The molecule has 4 amide bonds. The Hall–Kier alpha value is -3.44. The third kappa shape index (κ3) is 9.54. The average molecular weight is 647 g/mol. The summed E-state index contributed by atoms with van der Waals surface area (Å²) in [5.74, 6) is -3.69. The number of Topliss-reactive ketones (excluding diaryl/α,β-unsaturated/α-hetero) is 1. The fourth-order valence-corrected chi connectivity index (χ4v) is 6.86. The topological polar surface area (TPSA) is 160 Å². The first kappa shape index (κ1) is 37.0. The van der Waals surface area contributed by atoms with E-state index in [9.17, 15) is 28.8 Å². The summed E-state index contributed by atoms with van der Waals surface area (Å²) in [5.41, 5.74) is -1.72. The molecule has 46 heavy (non-hydrogen) atoms. The molecule has 5 atom stereocenters. The molecule has 2 saturated carbocycles. The Bertz CT molecular complexity index is 1190. The lowest BCUT2D eigenvalue weighted by Crippen LogP contribution is -2.60. The van der Waals surface area contributed by atoms with Crippen LogP contribution in [0.25, 0.3) is 0 Å². The van der Waals surface area contributed by atoms with Gasteiger partial charge >= 0.3 is 12.1 Å². The van der Waals surface area contributed by atoms with Crippen LogP contribution in [-0.4, -0.2) is 82.9 Å². The number of ether oxygens (including phenoxy) is 2. The molecule has 3 aliphatic rings. The number of carbonyl (C=O) groups is 6. The summed E-state index contributed by atoms with van der Waals surface area (Å²) in [5, 5.41) is 7.87. The van der Waals surface area contributed by atoms with E-state index in [1.54, 1.807) is 52.5 Å². The van der Waals surface area contributed by atoms with Crippen LogP contribution in [0.4, 0.5) is 4.79 Å². The lowest BCUT2D eigenvalue weighted by molar-refractivity contribution is -0.155. The minimum atomic E-state index is -1.20. The van der Waals surface area contributed by atoms with Crippen LogP contribution in [-0.2, 0) is 33.4 Å². The molecular weight excluding hydrogens is 592 g/mol. The molecule has 2 aliphatic carbocycles. The predicted molar refractivity (Wildman–Crippen MR) is 171 cm³/mol. The number of likely N-dealkylation sites (tertiary alicyclic amines) is 1. The van der Waals surface area contributed by atoms with Crippen molar-refractivity contribution in [3.8, 4) is 0 Å². The van der Waals surface area contributed by atoms with Gasteiger partial charge in [0.25, 0.3) is 5.91 Å². The molecule has 1 heterocycles. The van der Waals surface area contributed by atoms with Crippen LogP contribution in [0, 0.1) is 23.2 Å². The number of hydrogen-bond acceptors (Lipinski definition) is 8. The highest BCUT2D eigenvalue weighted by Gasteiger charge is 2.69. The van der Waals surface area contributed by atoms with Crippen LogP contribution in [0.2, 0.25) is 0 Å². The molecule has 3 N–H and O–H groups in total. The minimum Gasteiger partial charge on any atom is -0.459 e. The molecule has 5 unspecified atom stereocenters. The monoisotopic (exact) mass is 646 g/mol. The van der Waals surface area contributed by atoms with Crippen molar-refractivity contribution in [3.63, 3.8) is 0 Å². The van der Waals surface area contributed by atoms with E-state index in [1.165, 1.54) is 0 Å². The molecule has 1 saturated heterocycles. The average Bonchev–Trinajstić information content (AvgIpc) is 3.26. The quantitative estimate of drug-likeness (QED) is 0.165. The van der Waals surface area contributed by atoms with E-state index in [0.29, 0.717) is 13.0 Å². The van der Waals surface area contributed by atoms with Gasteiger partial charge in [0.1, 0.15) is 29.8 Å². The Morgan fingerprint density at radius 1 is 0.935 bits per heavy atom. The molecule has 0 aromatic rings. The van der Waals surface area contributed by atoms with E-state index in [1.807, 2.05) is 13.8 Å². The molecule has 0 spiro atoms. The zero-order valence-corrected chi connectivity index (χ0v) is 28.8. The number of ketones is 1. The second kappa shape index (κ2) is 14.5. The van der Waals surface area contributed by atoms with Gasteiger partial charge in [0.2, 0.25) is 17.6 Å². The van der Waals surface area contributed by atoms with Gasteiger partial charge in [-0.1, -0.05) is 39.2 Å². The Balaban J connectivity index is 1.80. The molecule has 3 rings (SSSR count). The zero-order chi connectivity index (χ0) is 34.6. The van der Waals surface area contributed by atoms with Crippen LogP contribution >= 0.6 is 0 Å². The smallest absolute Gasteiger partial charge is 0.408 e. The number of piperidine rings is 1. The molecule has 258 valence electrons. The van der Waals surface area contributed by atoms with E-state index >= 15 is 0 Å². The number of hydrogen-bond donors (Lipinski definition) is 3. The van der Waals surface area contributed by atoms with Crippen molar-refractivity contribution < 1.29 is 38.2 Å². The fraction of sp³-hybridized carbons (Fsp3) is 0.765. The molecule has 12 nitrogen and oxygen atoms in total. The van der Waals surface area contributed by atoms with Crippen molar-refractivity contribution in [2.24, 2.45) is 23.2 Å². The van der Waals surface area contributed by atoms with Gasteiger partial charge in [-0.2, -0.15) is 0 Å². The number of carbonyl (C=O) groups excluding carboxylic acids is 6. The third-order valence-corrected chi connectivity index (χ3v) is 9.15. The van der Waals surface area contributed by atoms with Crippen LogP contribution in [0.3, 0.4) is 0 Å². The molecule has 0 radical (unpaired) electrons. The highest BCUT2D eigenvalue weighted by atomic mass is 16.6. The number of rotatable bonds is 12. The molecule has 1 aliphatic heterocycles. The molecule has 12 heteroatoms. The second-order valence-corrected chi connectivity index (χ2v) is 15.5. The first-order valence-electron chi connectivity index (χ1n) is 16.5. The number of nitrogens with zero attached hydrogens (tertiary/aromatic N) is 1. The highest BCUT2D eigenvalue weighted by molar-refractivity contribution is 6.38. The molecular formula is C34H54N4O8.